The van der Waals surface area contributed by atoms with Gasteiger partial charge in [0.15, 0.2) is 0 Å². The molecule has 1 heterocycles. The molecular weight excluding hydrogens is 256 g/mol. The van der Waals surface area contributed by atoms with Gasteiger partial charge < -0.3 is 15.0 Å². The first-order valence-electron chi connectivity index (χ1n) is 7.62. The van der Waals surface area contributed by atoms with Crippen molar-refractivity contribution in [3.63, 3.8) is 0 Å². The van der Waals surface area contributed by atoms with E-state index in [9.17, 15) is 9.59 Å². The Hall–Kier alpha value is -1.10. The highest BCUT2D eigenvalue weighted by Gasteiger charge is 2.36. The SMILES string of the molecule is CCCNC1CCCN(C(CC(C)C)C(=O)OC)C1=O. The number of amides is 1. The lowest BCUT2D eigenvalue weighted by molar-refractivity contribution is -0.155. The van der Waals surface area contributed by atoms with Crippen molar-refractivity contribution in [2.75, 3.05) is 20.2 Å². The third-order valence-electron chi connectivity index (χ3n) is 3.66. The van der Waals surface area contributed by atoms with Crippen LogP contribution in [0.15, 0.2) is 0 Å². The van der Waals surface area contributed by atoms with Crippen LogP contribution in [0.5, 0.6) is 0 Å². The van der Waals surface area contributed by atoms with Gasteiger partial charge in [-0.3, -0.25) is 4.79 Å². The predicted molar refractivity (Wildman–Crippen MR) is 78.3 cm³/mol. The molecule has 0 bridgehead atoms. The molecule has 1 amide bonds. The molecule has 1 aliphatic heterocycles. The van der Waals surface area contributed by atoms with Crippen molar-refractivity contribution in [1.82, 2.24) is 10.2 Å². The Kier molecular flexibility index (Phi) is 6.99. The zero-order valence-electron chi connectivity index (χ0n) is 13.1. The number of nitrogens with one attached hydrogen (secondary N) is 1. The second-order valence-electron chi connectivity index (χ2n) is 5.85. The molecule has 5 nitrogen and oxygen atoms in total. The molecule has 1 saturated heterocycles. The minimum Gasteiger partial charge on any atom is -0.467 e. The van der Waals surface area contributed by atoms with Crippen LogP contribution in [0.25, 0.3) is 0 Å². The van der Waals surface area contributed by atoms with Gasteiger partial charge in [-0.2, -0.15) is 0 Å². The van der Waals surface area contributed by atoms with Gasteiger partial charge in [0.25, 0.3) is 0 Å². The number of rotatable bonds is 7. The number of nitrogens with zero attached hydrogens (tertiary/aromatic N) is 1. The molecule has 0 aromatic carbocycles. The Bertz CT molecular complexity index is 331. The van der Waals surface area contributed by atoms with Gasteiger partial charge in [0.1, 0.15) is 6.04 Å². The number of hydrogen-bond acceptors (Lipinski definition) is 4. The molecule has 0 aliphatic carbocycles. The van der Waals surface area contributed by atoms with Crippen LogP contribution >= 0.6 is 0 Å². The number of ether oxygens (including phenoxy) is 1. The lowest BCUT2D eigenvalue weighted by Crippen LogP contribution is -2.56. The minimum absolute atomic E-state index is 0.0424. The third-order valence-corrected chi connectivity index (χ3v) is 3.66. The summed E-state index contributed by atoms with van der Waals surface area (Å²) in [6.07, 6.45) is 3.43. The first-order chi connectivity index (χ1) is 9.51. The van der Waals surface area contributed by atoms with Gasteiger partial charge in [-0.15, -0.1) is 0 Å². The number of carbonyl (C=O) groups is 2. The molecule has 116 valence electrons. The van der Waals surface area contributed by atoms with Gasteiger partial charge in [0.05, 0.1) is 13.2 Å². The molecule has 2 atom stereocenters. The monoisotopic (exact) mass is 284 g/mol. The number of esters is 1. The Balaban J connectivity index is 2.78. The zero-order valence-corrected chi connectivity index (χ0v) is 13.1. The van der Waals surface area contributed by atoms with Crippen LogP contribution < -0.4 is 5.32 Å². The highest BCUT2D eigenvalue weighted by Crippen LogP contribution is 2.20. The second-order valence-corrected chi connectivity index (χ2v) is 5.85. The van der Waals surface area contributed by atoms with Crippen molar-refractivity contribution in [3.05, 3.63) is 0 Å². The summed E-state index contributed by atoms with van der Waals surface area (Å²) >= 11 is 0. The topological polar surface area (TPSA) is 58.6 Å². The third kappa shape index (κ3) is 4.47. The molecule has 1 N–H and O–H groups in total. The van der Waals surface area contributed by atoms with Gasteiger partial charge >= 0.3 is 5.97 Å². The van der Waals surface area contributed by atoms with Gasteiger partial charge in [-0.25, -0.2) is 4.79 Å². The molecule has 0 aromatic rings. The maximum atomic E-state index is 12.5. The number of piperidine rings is 1. The second kappa shape index (κ2) is 8.25. The largest absolute Gasteiger partial charge is 0.467 e. The predicted octanol–water partition coefficient (Wildman–Crippen LogP) is 1.56. The quantitative estimate of drug-likeness (QED) is 0.721. The summed E-state index contributed by atoms with van der Waals surface area (Å²) in [5.74, 6) is 0.0832. The maximum absolute atomic E-state index is 12.5. The van der Waals surface area contributed by atoms with Crippen molar-refractivity contribution >= 4 is 11.9 Å². The minimum atomic E-state index is -0.446. The summed E-state index contributed by atoms with van der Waals surface area (Å²) in [5, 5.41) is 3.27. The summed E-state index contributed by atoms with van der Waals surface area (Å²) in [7, 11) is 1.39. The molecule has 0 aromatic heterocycles. The Labute approximate surface area is 122 Å². The number of likely N-dealkylation sites (tertiary alicyclic amines) is 1. The van der Waals surface area contributed by atoms with E-state index in [-0.39, 0.29) is 17.9 Å². The summed E-state index contributed by atoms with van der Waals surface area (Å²) < 4.78 is 4.88. The fourth-order valence-corrected chi connectivity index (χ4v) is 2.65. The van der Waals surface area contributed by atoms with E-state index in [1.165, 1.54) is 7.11 Å². The fourth-order valence-electron chi connectivity index (χ4n) is 2.65. The van der Waals surface area contributed by atoms with Crippen LogP contribution in [0.3, 0.4) is 0 Å². The first kappa shape index (κ1) is 17.0. The summed E-state index contributed by atoms with van der Waals surface area (Å²) in [5.41, 5.74) is 0. The Morgan fingerprint density at radius 2 is 2.20 bits per heavy atom. The lowest BCUT2D eigenvalue weighted by Gasteiger charge is -2.37. The van der Waals surface area contributed by atoms with Crippen LogP contribution in [0.2, 0.25) is 0 Å². The van der Waals surface area contributed by atoms with E-state index in [1.807, 2.05) is 0 Å². The standard InChI is InChI=1S/C15H28N2O3/c1-5-8-16-12-7-6-9-17(14(12)18)13(10-11(2)3)15(19)20-4/h11-13,16H,5-10H2,1-4H3. The average molecular weight is 284 g/mol. The van der Waals surface area contributed by atoms with Gasteiger partial charge in [-0.1, -0.05) is 20.8 Å². The lowest BCUT2D eigenvalue weighted by atomic mass is 9.97. The van der Waals surface area contributed by atoms with Crippen LogP contribution in [-0.2, 0) is 14.3 Å². The van der Waals surface area contributed by atoms with Crippen molar-refractivity contribution in [2.24, 2.45) is 5.92 Å². The van der Waals surface area contributed by atoms with Gasteiger partial charge in [-0.05, 0) is 38.1 Å². The van der Waals surface area contributed by atoms with E-state index in [1.54, 1.807) is 4.90 Å². The van der Waals surface area contributed by atoms with Crippen LogP contribution in [0.4, 0.5) is 0 Å². The van der Waals surface area contributed by atoms with E-state index < -0.39 is 6.04 Å². The highest BCUT2D eigenvalue weighted by molar-refractivity contribution is 5.88. The molecule has 5 heteroatoms. The van der Waals surface area contributed by atoms with E-state index in [0.29, 0.717) is 18.9 Å². The molecule has 1 fully saturated rings. The van der Waals surface area contributed by atoms with Crippen LogP contribution in [0.1, 0.15) is 46.5 Å². The molecule has 0 radical (unpaired) electrons. The van der Waals surface area contributed by atoms with Gasteiger partial charge in [0.2, 0.25) is 5.91 Å². The molecule has 1 aliphatic rings. The summed E-state index contributed by atoms with van der Waals surface area (Å²) in [4.78, 5) is 26.2. The first-order valence-corrected chi connectivity index (χ1v) is 7.62. The fraction of sp³-hybridized carbons (Fsp3) is 0.867. The maximum Gasteiger partial charge on any atom is 0.328 e. The van der Waals surface area contributed by atoms with Crippen molar-refractivity contribution in [3.8, 4) is 0 Å². The van der Waals surface area contributed by atoms with E-state index in [4.69, 9.17) is 4.74 Å². The number of hydrogen-bond donors (Lipinski definition) is 1. The summed E-state index contributed by atoms with van der Waals surface area (Å²) in [6.45, 7) is 7.66. The molecule has 2 unspecified atom stereocenters. The Morgan fingerprint density at radius 3 is 2.75 bits per heavy atom. The van der Waals surface area contributed by atoms with E-state index in [2.05, 4.69) is 26.1 Å². The van der Waals surface area contributed by atoms with Gasteiger partial charge in [0, 0.05) is 6.54 Å². The molecule has 0 saturated carbocycles. The Morgan fingerprint density at radius 1 is 1.50 bits per heavy atom. The van der Waals surface area contributed by atoms with Crippen LogP contribution in [-0.4, -0.2) is 49.1 Å². The van der Waals surface area contributed by atoms with E-state index >= 15 is 0 Å². The summed E-state index contributed by atoms with van der Waals surface area (Å²) in [6, 6.07) is -0.596. The number of carbonyl (C=O) groups excluding carboxylic acids is 2. The van der Waals surface area contributed by atoms with Crippen molar-refractivity contribution < 1.29 is 14.3 Å². The normalized spacial score (nSPS) is 21.1. The smallest absolute Gasteiger partial charge is 0.328 e. The van der Waals surface area contributed by atoms with E-state index in [0.717, 1.165) is 25.8 Å². The average Bonchev–Trinajstić information content (AvgIpc) is 2.43. The molecule has 20 heavy (non-hydrogen) atoms. The highest BCUT2D eigenvalue weighted by atomic mass is 16.5. The molecule has 0 spiro atoms. The zero-order chi connectivity index (χ0) is 15.1. The van der Waals surface area contributed by atoms with Crippen LogP contribution in [0, 0.1) is 5.92 Å². The molecule has 1 rings (SSSR count). The number of methoxy groups -OCH3 is 1. The van der Waals surface area contributed by atoms with Crippen molar-refractivity contribution in [2.45, 2.75) is 58.5 Å². The van der Waals surface area contributed by atoms with Crippen molar-refractivity contribution in [1.29, 1.82) is 0 Å². The molecular formula is C15H28N2O3.